The zero-order valence-electron chi connectivity index (χ0n) is 22.1. The third kappa shape index (κ3) is 6.64. The normalized spacial score (nSPS) is 11.6. The highest BCUT2D eigenvalue weighted by atomic mass is 35.5. The van der Waals surface area contributed by atoms with Gasteiger partial charge in [-0.2, -0.15) is 0 Å². The molecule has 0 aromatic heterocycles. The molecule has 4 rings (SSSR count). The Hall–Kier alpha value is -3.86. The van der Waals surface area contributed by atoms with Crippen molar-refractivity contribution in [1.29, 1.82) is 0 Å². The molecule has 0 bridgehead atoms. The van der Waals surface area contributed by atoms with Gasteiger partial charge in [0, 0.05) is 5.69 Å². The van der Waals surface area contributed by atoms with Crippen LogP contribution in [-0.4, -0.2) is 29.3 Å². The van der Waals surface area contributed by atoms with Gasteiger partial charge < -0.3 is 5.32 Å². The Morgan fingerprint density at radius 1 is 0.775 bits per heavy atom. The van der Waals surface area contributed by atoms with E-state index in [2.05, 4.69) is 10.0 Å². The number of rotatable bonds is 9. The Morgan fingerprint density at radius 2 is 1.38 bits per heavy atom. The van der Waals surface area contributed by atoms with Gasteiger partial charge in [0.25, 0.3) is 20.0 Å². The van der Waals surface area contributed by atoms with Crippen molar-refractivity contribution in [2.75, 3.05) is 20.9 Å². The molecule has 40 heavy (non-hydrogen) atoms. The average Bonchev–Trinajstić information content (AvgIpc) is 2.90. The fraction of sp³-hybridized carbons (Fsp3) is 0.138. The Balaban J connectivity index is 1.54. The molecule has 1 amide bonds. The number of carbonyl (C=O) groups excluding carboxylic acids is 1. The minimum absolute atomic E-state index is 0.00474. The van der Waals surface area contributed by atoms with E-state index in [0.29, 0.717) is 11.4 Å². The van der Waals surface area contributed by atoms with Crippen molar-refractivity contribution >= 4 is 54.6 Å². The number of carbonyl (C=O) groups is 1. The smallest absolute Gasteiger partial charge is 0.264 e. The topological polar surface area (TPSA) is 113 Å². The summed E-state index contributed by atoms with van der Waals surface area (Å²) in [6, 6.07) is 23.6. The maximum atomic E-state index is 13.5. The van der Waals surface area contributed by atoms with E-state index in [1.54, 1.807) is 30.3 Å². The van der Waals surface area contributed by atoms with Gasteiger partial charge in [-0.25, -0.2) is 16.8 Å². The van der Waals surface area contributed by atoms with E-state index in [1.165, 1.54) is 48.5 Å². The summed E-state index contributed by atoms with van der Waals surface area (Å²) >= 11 is 6.32. The van der Waals surface area contributed by atoms with E-state index >= 15 is 0 Å². The largest absolute Gasteiger partial charge is 0.325 e. The van der Waals surface area contributed by atoms with Gasteiger partial charge in [0.05, 0.1) is 26.2 Å². The molecule has 0 radical (unpaired) electrons. The second-order valence-electron chi connectivity index (χ2n) is 9.27. The highest BCUT2D eigenvalue weighted by Gasteiger charge is 2.28. The molecule has 0 fully saturated rings. The quantitative estimate of drug-likeness (QED) is 0.249. The summed E-state index contributed by atoms with van der Waals surface area (Å²) in [7, 11) is -8.01. The van der Waals surface area contributed by atoms with Gasteiger partial charge in [-0.05, 0) is 80.9 Å². The van der Waals surface area contributed by atoms with Gasteiger partial charge in [0.1, 0.15) is 6.54 Å². The molecule has 8 nitrogen and oxygen atoms in total. The van der Waals surface area contributed by atoms with Crippen LogP contribution in [0.5, 0.6) is 0 Å². The second-order valence-corrected chi connectivity index (χ2v) is 13.2. The number of aryl methyl sites for hydroxylation is 3. The van der Waals surface area contributed by atoms with Crippen LogP contribution >= 0.6 is 11.6 Å². The highest BCUT2D eigenvalue weighted by Crippen LogP contribution is 2.30. The van der Waals surface area contributed by atoms with E-state index in [0.717, 1.165) is 21.0 Å². The zero-order chi connectivity index (χ0) is 29.1. The lowest BCUT2D eigenvalue weighted by Gasteiger charge is -2.25. The molecule has 208 valence electrons. The monoisotopic (exact) mass is 597 g/mol. The lowest BCUT2D eigenvalue weighted by atomic mass is 10.1. The van der Waals surface area contributed by atoms with E-state index in [4.69, 9.17) is 11.6 Å². The summed E-state index contributed by atoms with van der Waals surface area (Å²) in [4.78, 5) is 13.1. The van der Waals surface area contributed by atoms with Crippen LogP contribution in [0.3, 0.4) is 0 Å². The lowest BCUT2D eigenvalue weighted by Crippen LogP contribution is -2.38. The summed E-state index contributed by atoms with van der Waals surface area (Å²) in [6.45, 7) is 5.01. The van der Waals surface area contributed by atoms with E-state index in [9.17, 15) is 21.6 Å². The van der Waals surface area contributed by atoms with Crippen molar-refractivity contribution < 1.29 is 21.6 Å². The van der Waals surface area contributed by atoms with Gasteiger partial charge >= 0.3 is 0 Å². The van der Waals surface area contributed by atoms with Gasteiger partial charge in [-0.3, -0.25) is 13.8 Å². The van der Waals surface area contributed by atoms with Crippen LogP contribution < -0.4 is 14.3 Å². The molecule has 0 heterocycles. The van der Waals surface area contributed by atoms with Gasteiger partial charge in [0.15, 0.2) is 0 Å². The van der Waals surface area contributed by atoms with Crippen LogP contribution in [-0.2, 0) is 24.8 Å². The number of amides is 1. The van der Waals surface area contributed by atoms with Gasteiger partial charge in [-0.1, -0.05) is 59.1 Å². The van der Waals surface area contributed by atoms with Crippen molar-refractivity contribution in [1.82, 2.24) is 0 Å². The van der Waals surface area contributed by atoms with Crippen LogP contribution in [0, 0.1) is 20.8 Å². The Morgan fingerprint density at radius 3 is 2.00 bits per heavy atom. The lowest BCUT2D eigenvalue weighted by molar-refractivity contribution is -0.114. The molecular formula is C29H28ClN3O5S2. The SMILES string of the molecule is Cc1ccc(S(=O)(=O)N(CC(=O)Nc2ccc(S(=O)(=O)Nc3ccc(C)cc3C)cc2)c2ccccc2Cl)cc1. The first kappa shape index (κ1) is 29.1. The number of nitrogens with zero attached hydrogens (tertiary/aromatic N) is 1. The molecule has 4 aromatic rings. The Labute approximate surface area is 239 Å². The number of anilines is 3. The van der Waals surface area contributed by atoms with Gasteiger partial charge in [-0.15, -0.1) is 0 Å². The molecule has 0 saturated carbocycles. The molecule has 0 aliphatic carbocycles. The van der Waals surface area contributed by atoms with Crippen molar-refractivity contribution in [3.05, 3.63) is 113 Å². The Kier molecular flexibility index (Phi) is 8.53. The van der Waals surface area contributed by atoms with Crippen molar-refractivity contribution in [3.63, 3.8) is 0 Å². The standard InChI is InChI=1S/C29H28ClN3O5S2/c1-20-8-13-25(14-9-20)40(37,38)33(28-7-5-4-6-26(28)30)19-29(34)31-23-11-15-24(16-12-23)39(35,36)32-27-17-10-21(2)18-22(27)3/h4-18,32H,19H2,1-3H3,(H,31,34). The van der Waals surface area contributed by atoms with Crippen LogP contribution in [0.15, 0.2) is 101 Å². The molecule has 2 N–H and O–H groups in total. The van der Waals surface area contributed by atoms with Crippen LogP contribution in [0.1, 0.15) is 16.7 Å². The molecule has 11 heteroatoms. The first-order valence-electron chi connectivity index (χ1n) is 12.2. The number of para-hydroxylation sites is 1. The third-order valence-corrected chi connectivity index (χ3v) is 9.57. The Bertz CT molecular complexity index is 1760. The van der Waals surface area contributed by atoms with Crippen LogP contribution in [0.4, 0.5) is 17.1 Å². The predicted molar refractivity (Wildman–Crippen MR) is 159 cm³/mol. The minimum Gasteiger partial charge on any atom is -0.325 e. The molecule has 4 aromatic carbocycles. The van der Waals surface area contributed by atoms with E-state index < -0.39 is 32.5 Å². The number of nitrogens with one attached hydrogen (secondary N) is 2. The van der Waals surface area contributed by atoms with Crippen molar-refractivity contribution in [2.45, 2.75) is 30.6 Å². The molecule has 0 aliphatic heterocycles. The number of hydrogen-bond acceptors (Lipinski definition) is 5. The first-order chi connectivity index (χ1) is 18.9. The predicted octanol–water partition coefficient (Wildman–Crippen LogP) is 5.90. The number of halogens is 1. The molecule has 0 spiro atoms. The fourth-order valence-corrected chi connectivity index (χ4v) is 6.83. The highest BCUT2D eigenvalue weighted by molar-refractivity contribution is 7.93. The van der Waals surface area contributed by atoms with E-state index in [-0.39, 0.29) is 20.5 Å². The molecule has 0 saturated heterocycles. The fourth-order valence-electron chi connectivity index (χ4n) is 3.97. The number of sulfonamides is 2. The maximum Gasteiger partial charge on any atom is 0.264 e. The van der Waals surface area contributed by atoms with Crippen molar-refractivity contribution in [3.8, 4) is 0 Å². The zero-order valence-corrected chi connectivity index (χ0v) is 24.4. The van der Waals surface area contributed by atoms with Crippen LogP contribution in [0.2, 0.25) is 5.02 Å². The summed E-state index contributed by atoms with van der Waals surface area (Å²) < 4.78 is 56.4. The molecule has 0 aliphatic rings. The molecule has 0 atom stereocenters. The number of benzene rings is 4. The van der Waals surface area contributed by atoms with Crippen molar-refractivity contribution in [2.24, 2.45) is 0 Å². The third-order valence-electron chi connectivity index (χ3n) is 6.09. The second kappa shape index (κ2) is 11.7. The summed E-state index contributed by atoms with van der Waals surface area (Å²) in [6.07, 6.45) is 0. The molecule has 0 unspecified atom stereocenters. The van der Waals surface area contributed by atoms with Crippen LogP contribution in [0.25, 0.3) is 0 Å². The van der Waals surface area contributed by atoms with Gasteiger partial charge in [0.2, 0.25) is 5.91 Å². The number of hydrogen-bond donors (Lipinski definition) is 2. The minimum atomic E-state index is -4.14. The molecular weight excluding hydrogens is 570 g/mol. The average molecular weight is 598 g/mol. The van der Waals surface area contributed by atoms with E-state index in [1.807, 2.05) is 32.9 Å². The maximum absolute atomic E-state index is 13.5. The first-order valence-corrected chi connectivity index (χ1v) is 15.5. The summed E-state index contributed by atoms with van der Waals surface area (Å²) in [5, 5.41) is 2.80. The summed E-state index contributed by atoms with van der Waals surface area (Å²) in [5.74, 6) is -0.639. The summed E-state index contributed by atoms with van der Waals surface area (Å²) in [5.41, 5.74) is 3.60.